The third kappa shape index (κ3) is 2.68. The molecule has 0 aliphatic carbocycles. The molecule has 3 rings (SSSR count). The van der Waals surface area contributed by atoms with Crippen molar-refractivity contribution < 1.29 is 27.4 Å². The Labute approximate surface area is 133 Å². The highest BCUT2D eigenvalue weighted by Crippen LogP contribution is 2.37. The summed E-state index contributed by atoms with van der Waals surface area (Å²) in [7, 11) is 1.09. The topological polar surface area (TPSA) is 52.8 Å². The lowest BCUT2D eigenvalue weighted by atomic mass is 10.1. The zero-order valence-electron chi connectivity index (χ0n) is 11.7. The number of methoxy groups -OCH3 is 1. The van der Waals surface area contributed by atoms with Gasteiger partial charge >= 0.3 is 12.1 Å². The first-order valence-electron chi connectivity index (χ1n) is 6.48. The first-order chi connectivity index (χ1) is 10.8. The quantitative estimate of drug-likeness (QED) is 0.617. The van der Waals surface area contributed by atoms with Gasteiger partial charge in [0.1, 0.15) is 11.3 Å². The summed E-state index contributed by atoms with van der Waals surface area (Å²) in [5.74, 6) is -0.912. The molecule has 0 saturated carbocycles. The third-order valence-corrected chi connectivity index (χ3v) is 3.74. The van der Waals surface area contributed by atoms with Crippen molar-refractivity contribution in [3.05, 3.63) is 46.4 Å². The van der Waals surface area contributed by atoms with Crippen LogP contribution < -0.4 is 0 Å². The lowest BCUT2D eigenvalue weighted by Crippen LogP contribution is -2.10. The van der Waals surface area contributed by atoms with Gasteiger partial charge in [-0.25, -0.2) is 9.78 Å². The van der Waals surface area contributed by atoms with Gasteiger partial charge in [-0.15, -0.1) is 0 Å². The van der Waals surface area contributed by atoms with Gasteiger partial charge in [-0.2, -0.15) is 13.2 Å². The van der Waals surface area contributed by atoms with Gasteiger partial charge in [0.15, 0.2) is 11.3 Å². The van der Waals surface area contributed by atoms with Crippen LogP contribution in [0, 0.1) is 0 Å². The molecule has 3 heterocycles. The fourth-order valence-electron chi connectivity index (χ4n) is 2.33. The molecule has 2 aromatic heterocycles. The fourth-order valence-corrected chi connectivity index (χ4v) is 2.58. The Hall–Kier alpha value is -2.06. The van der Waals surface area contributed by atoms with Crippen LogP contribution in [0.3, 0.4) is 0 Å². The van der Waals surface area contributed by atoms with Crippen molar-refractivity contribution in [2.75, 3.05) is 13.7 Å². The SMILES string of the molecule is COC(=O)c1nc2c(C(F)(F)F)cc(C3C=CCO3)cn2c1Cl. The van der Waals surface area contributed by atoms with E-state index in [1.54, 1.807) is 12.2 Å². The van der Waals surface area contributed by atoms with E-state index >= 15 is 0 Å². The van der Waals surface area contributed by atoms with Gasteiger partial charge in [-0.05, 0) is 6.07 Å². The normalized spacial score (nSPS) is 17.9. The van der Waals surface area contributed by atoms with Crippen LogP contribution in [0.5, 0.6) is 0 Å². The number of rotatable bonds is 2. The van der Waals surface area contributed by atoms with Crippen LogP contribution in [0.2, 0.25) is 5.15 Å². The largest absolute Gasteiger partial charge is 0.464 e. The molecular weight excluding hydrogens is 337 g/mol. The Morgan fingerprint density at radius 1 is 1.52 bits per heavy atom. The Balaban J connectivity index is 2.28. The third-order valence-electron chi connectivity index (χ3n) is 3.38. The van der Waals surface area contributed by atoms with E-state index in [-0.39, 0.29) is 16.4 Å². The molecule has 1 atom stereocenters. The smallest absolute Gasteiger partial charge is 0.419 e. The minimum atomic E-state index is -4.67. The lowest BCUT2D eigenvalue weighted by molar-refractivity contribution is -0.136. The second kappa shape index (κ2) is 5.54. The molecule has 1 unspecified atom stereocenters. The number of carbonyl (C=O) groups is 1. The summed E-state index contributed by atoms with van der Waals surface area (Å²) in [5, 5.41) is -0.249. The van der Waals surface area contributed by atoms with Gasteiger partial charge in [-0.3, -0.25) is 4.40 Å². The monoisotopic (exact) mass is 346 g/mol. The van der Waals surface area contributed by atoms with E-state index in [1.807, 2.05) is 0 Å². The number of ether oxygens (including phenoxy) is 2. The van der Waals surface area contributed by atoms with Gasteiger partial charge in [0.05, 0.1) is 19.3 Å². The minimum absolute atomic E-state index is 0.249. The molecule has 0 fully saturated rings. The lowest BCUT2D eigenvalue weighted by Gasteiger charge is -2.14. The molecule has 0 amide bonds. The zero-order chi connectivity index (χ0) is 16.8. The van der Waals surface area contributed by atoms with Gasteiger partial charge < -0.3 is 9.47 Å². The van der Waals surface area contributed by atoms with Crippen molar-refractivity contribution in [2.45, 2.75) is 12.3 Å². The van der Waals surface area contributed by atoms with E-state index in [1.165, 1.54) is 6.20 Å². The van der Waals surface area contributed by atoms with Crippen LogP contribution in [-0.2, 0) is 15.7 Å². The average Bonchev–Trinajstić information content (AvgIpc) is 3.13. The molecule has 0 spiro atoms. The summed E-state index contributed by atoms with van der Waals surface area (Å²) in [5.41, 5.74) is -1.58. The van der Waals surface area contributed by atoms with Gasteiger partial charge in [0.2, 0.25) is 0 Å². The maximum absolute atomic E-state index is 13.3. The molecule has 1 aliphatic heterocycles. The molecule has 0 N–H and O–H groups in total. The molecule has 0 radical (unpaired) electrons. The van der Waals surface area contributed by atoms with Crippen molar-refractivity contribution in [1.29, 1.82) is 0 Å². The minimum Gasteiger partial charge on any atom is -0.464 e. The van der Waals surface area contributed by atoms with Gasteiger partial charge in [0, 0.05) is 11.8 Å². The number of nitrogens with zero attached hydrogens (tertiary/aromatic N) is 2. The van der Waals surface area contributed by atoms with Crippen molar-refractivity contribution in [2.24, 2.45) is 0 Å². The summed E-state index contributed by atoms with van der Waals surface area (Å²) in [6.07, 6.45) is -0.556. The molecule has 0 saturated heterocycles. The Morgan fingerprint density at radius 3 is 2.83 bits per heavy atom. The van der Waals surface area contributed by atoms with E-state index in [9.17, 15) is 18.0 Å². The number of carbonyl (C=O) groups excluding carboxylic acids is 1. The number of imidazole rings is 1. The van der Waals surface area contributed by atoms with Crippen molar-refractivity contribution in [3.63, 3.8) is 0 Å². The van der Waals surface area contributed by atoms with Crippen molar-refractivity contribution in [3.8, 4) is 0 Å². The molecule has 23 heavy (non-hydrogen) atoms. The summed E-state index contributed by atoms with van der Waals surface area (Å²) < 4.78 is 50.8. The van der Waals surface area contributed by atoms with Crippen LogP contribution >= 0.6 is 11.6 Å². The Morgan fingerprint density at radius 2 is 2.26 bits per heavy atom. The molecule has 2 aromatic rings. The first-order valence-corrected chi connectivity index (χ1v) is 6.86. The average molecular weight is 347 g/mol. The van der Waals surface area contributed by atoms with Crippen molar-refractivity contribution in [1.82, 2.24) is 9.38 Å². The van der Waals surface area contributed by atoms with Gasteiger partial charge in [-0.1, -0.05) is 23.8 Å². The van der Waals surface area contributed by atoms with Crippen molar-refractivity contribution >= 4 is 23.2 Å². The van der Waals surface area contributed by atoms with E-state index < -0.39 is 29.5 Å². The number of fused-ring (bicyclic) bond motifs is 1. The van der Waals surface area contributed by atoms with E-state index in [0.717, 1.165) is 17.6 Å². The number of pyridine rings is 1. The second-order valence-corrected chi connectivity index (χ2v) is 5.16. The first kappa shape index (κ1) is 15.8. The molecule has 9 heteroatoms. The molecule has 0 aromatic carbocycles. The summed E-state index contributed by atoms with van der Waals surface area (Å²) in [4.78, 5) is 15.3. The number of halogens is 4. The Bertz CT molecular complexity index is 814. The summed E-state index contributed by atoms with van der Waals surface area (Å²) >= 11 is 6.00. The highest BCUT2D eigenvalue weighted by molar-refractivity contribution is 6.32. The second-order valence-electron chi connectivity index (χ2n) is 4.80. The zero-order valence-corrected chi connectivity index (χ0v) is 12.5. The fraction of sp³-hybridized carbons (Fsp3) is 0.286. The number of aromatic nitrogens is 2. The van der Waals surface area contributed by atoms with E-state index in [4.69, 9.17) is 16.3 Å². The maximum atomic E-state index is 13.3. The Kier molecular flexibility index (Phi) is 3.81. The molecule has 1 aliphatic rings. The number of hydrogen-bond donors (Lipinski definition) is 0. The number of esters is 1. The molecule has 5 nitrogen and oxygen atoms in total. The molecule has 122 valence electrons. The predicted molar refractivity (Wildman–Crippen MR) is 74.4 cm³/mol. The maximum Gasteiger partial charge on any atom is 0.419 e. The van der Waals surface area contributed by atoms with E-state index in [2.05, 4.69) is 9.72 Å². The number of alkyl halides is 3. The number of hydrogen-bond acceptors (Lipinski definition) is 4. The highest BCUT2D eigenvalue weighted by Gasteiger charge is 2.36. The van der Waals surface area contributed by atoms with Crippen LogP contribution in [0.25, 0.3) is 5.65 Å². The predicted octanol–water partition coefficient (Wildman–Crippen LogP) is 3.42. The van der Waals surface area contributed by atoms with E-state index in [0.29, 0.717) is 6.61 Å². The van der Waals surface area contributed by atoms with Crippen LogP contribution in [0.15, 0.2) is 24.4 Å². The van der Waals surface area contributed by atoms with Crippen LogP contribution in [0.4, 0.5) is 13.2 Å². The molecular formula is C14H10ClF3N2O3. The highest BCUT2D eigenvalue weighted by atomic mass is 35.5. The van der Waals surface area contributed by atoms with Crippen LogP contribution in [-0.4, -0.2) is 29.1 Å². The van der Waals surface area contributed by atoms with Crippen LogP contribution in [0.1, 0.15) is 27.7 Å². The summed E-state index contributed by atoms with van der Waals surface area (Å²) in [6.45, 7) is 0.315. The van der Waals surface area contributed by atoms with Gasteiger partial charge in [0.25, 0.3) is 0 Å². The standard InChI is InChI=1S/C14H10ClF3N2O3/c1-22-13(21)10-11(15)20-6-7(9-3-2-4-23-9)5-8(12(20)19-10)14(16,17)18/h2-3,5-6,9H,4H2,1H3. The summed E-state index contributed by atoms with van der Waals surface area (Å²) in [6, 6.07) is 0.944. The molecule has 0 bridgehead atoms.